The van der Waals surface area contributed by atoms with Gasteiger partial charge in [-0.05, 0) is 24.3 Å². The van der Waals surface area contributed by atoms with Crippen molar-refractivity contribution in [2.24, 2.45) is 5.73 Å². The molecule has 1 heterocycles. The normalized spacial score (nSPS) is 10.2. The summed E-state index contributed by atoms with van der Waals surface area (Å²) < 4.78 is 2.46. The topological polar surface area (TPSA) is 90.0 Å². The summed E-state index contributed by atoms with van der Waals surface area (Å²) in [5, 5.41) is 6.82. The highest BCUT2D eigenvalue weighted by Crippen LogP contribution is 2.12. The summed E-state index contributed by atoms with van der Waals surface area (Å²) in [6.07, 6.45) is 1.89. The van der Waals surface area contributed by atoms with Crippen molar-refractivity contribution in [3.05, 3.63) is 46.6 Å². The molecule has 1 aromatic heterocycles. The molecular formula is C13H13BrN4O2. The Morgan fingerprint density at radius 2 is 1.95 bits per heavy atom. The Labute approximate surface area is 124 Å². The predicted molar refractivity (Wildman–Crippen MR) is 78.1 cm³/mol. The number of primary amides is 1. The maximum atomic E-state index is 12.0. The van der Waals surface area contributed by atoms with Gasteiger partial charge in [-0.2, -0.15) is 5.10 Å². The van der Waals surface area contributed by atoms with E-state index in [9.17, 15) is 9.59 Å². The minimum Gasteiger partial charge on any atom is -0.370 e. The standard InChI is InChI=1S/C13H13BrN4O2/c14-10-3-1-9(2-4-10)13(20)16-12-6-8-18(17-12)7-5-11(15)19/h1-4,6,8H,5,7H2,(H2,15,19)(H,16,17,20). The average molecular weight is 337 g/mol. The number of hydrogen-bond acceptors (Lipinski definition) is 3. The van der Waals surface area contributed by atoms with Crippen LogP contribution in [-0.4, -0.2) is 21.6 Å². The lowest BCUT2D eigenvalue weighted by Crippen LogP contribution is -2.15. The minimum absolute atomic E-state index is 0.210. The Bertz CT molecular complexity index is 622. The number of nitrogens with two attached hydrogens (primary N) is 1. The molecule has 6 nitrogen and oxygen atoms in total. The molecule has 0 aliphatic carbocycles. The SMILES string of the molecule is NC(=O)CCn1ccc(NC(=O)c2ccc(Br)cc2)n1. The second-order valence-corrected chi connectivity index (χ2v) is 5.06. The number of aromatic nitrogens is 2. The molecule has 0 aliphatic heterocycles. The van der Waals surface area contributed by atoms with Gasteiger partial charge in [0.15, 0.2) is 5.82 Å². The van der Waals surface area contributed by atoms with E-state index in [1.165, 1.54) is 0 Å². The summed E-state index contributed by atoms with van der Waals surface area (Å²) in [4.78, 5) is 22.6. The number of amides is 2. The van der Waals surface area contributed by atoms with Crippen molar-refractivity contribution >= 4 is 33.6 Å². The van der Waals surface area contributed by atoms with Gasteiger partial charge in [0, 0.05) is 35.3 Å². The maximum Gasteiger partial charge on any atom is 0.256 e. The van der Waals surface area contributed by atoms with Gasteiger partial charge in [-0.15, -0.1) is 0 Å². The molecule has 0 aliphatic rings. The highest BCUT2D eigenvalue weighted by Gasteiger charge is 2.08. The monoisotopic (exact) mass is 336 g/mol. The fourth-order valence-corrected chi connectivity index (χ4v) is 1.83. The van der Waals surface area contributed by atoms with E-state index >= 15 is 0 Å². The van der Waals surface area contributed by atoms with E-state index in [2.05, 4.69) is 26.3 Å². The number of halogens is 1. The van der Waals surface area contributed by atoms with E-state index in [0.717, 1.165) is 4.47 Å². The van der Waals surface area contributed by atoms with Gasteiger partial charge >= 0.3 is 0 Å². The molecule has 0 bridgehead atoms. The summed E-state index contributed by atoms with van der Waals surface area (Å²) in [5.74, 6) is -0.194. The fourth-order valence-electron chi connectivity index (χ4n) is 1.57. The summed E-state index contributed by atoms with van der Waals surface area (Å²) in [5.41, 5.74) is 5.60. The van der Waals surface area contributed by atoms with Crippen LogP contribution in [-0.2, 0) is 11.3 Å². The third-order valence-corrected chi connectivity index (χ3v) is 3.10. The summed E-state index contributed by atoms with van der Waals surface area (Å²) in [6, 6.07) is 8.67. The third kappa shape index (κ3) is 3.92. The summed E-state index contributed by atoms with van der Waals surface area (Å²) >= 11 is 3.31. The van der Waals surface area contributed by atoms with Crippen LogP contribution in [0.15, 0.2) is 41.0 Å². The summed E-state index contributed by atoms with van der Waals surface area (Å²) in [7, 11) is 0. The number of carbonyl (C=O) groups excluding carboxylic acids is 2. The van der Waals surface area contributed by atoms with Crippen molar-refractivity contribution < 1.29 is 9.59 Å². The molecule has 0 unspecified atom stereocenters. The van der Waals surface area contributed by atoms with Crippen molar-refractivity contribution in [1.29, 1.82) is 0 Å². The van der Waals surface area contributed by atoms with Crippen molar-refractivity contribution in [3.63, 3.8) is 0 Å². The number of benzene rings is 1. The van der Waals surface area contributed by atoms with Crippen LogP contribution in [0.1, 0.15) is 16.8 Å². The van der Waals surface area contributed by atoms with Gasteiger partial charge in [0.2, 0.25) is 5.91 Å². The molecular weight excluding hydrogens is 324 g/mol. The Hall–Kier alpha value is -2.15. The third-order valence-electron chi connectivity index (χ3n) is 2.58. The van der Waals surface area contributed by atoms with Crippen LogP contribution in [0, 0.1) is 0 Å². The minimum atomic E-state index is -0.388. The Kier molecular flexibility index (Phi) is 4.52. The molecule has 0 radical (unpaired) electrons. The van der Waals surface area contributed by atoms with Gasteiger partial charge < -0.3 is 11.1 Å². The maximum absolute atomic E-state index is 12.0. The molecule has 7 heteroatoms. The first-order valence-electron chi connectivity index (χ1n) is 5.93. The molecule has 2 aromatic rings. The van der Waals surface area contributed by atoms with E-state index in [1.54, 1.807) is 41.2 Å². The fraction of sp³-hybridized carbons (Fsp3) is 0.154. The zero-order chi connectivity index (χ0) is 14.5. The second-order valence-electron chi connectivity index (χ2n) is 4.14. The van der Waals surface area contributed by atoms with Crippen LogP contribution in [0.3, 0.4) is 0 Å². The van der Waals surface area contributed by atoms with Crippen molar-refractivity contribution in [2.75, 3.05) is 5.32 Å². The molecule has 0 atom stereocenters. The van der Waals surface area contributed by atoms with Gasteiger partial charge in [0.05, 0.1) is 0 Å². The number of carbonyl (C=O) groups is 2. The smallest absolute Gasteiger partial charge is 0.256 e. The molecule has 0 spiro atoms. The van der Waals surface area contributed by atoms with Gasteiger partial charge in [-0.3, -0.25) is 14.3 Å². The lowest BCUT2D eigenvalue weighted by atomic mass is 10.2. The predicted octanol–water partition coefficient (Wildman–Crippen LogP) is 1.77. The summed E-state index contributed by atoms with van der Waals surface area (Å²) in [6.45, 7) is 0.392. The van der Waals surface area contributed by atoms with Gasteiger partial charge in [0.1, 0.15) is 0 Å². The lowest BCUT2D eigenvalue weighted by molar-refractivity contribution is -0.118. The average Bonchev–Trinajstić information content (AvgIpc) is 2.84. The van der Waals surface area contributed by atoms with Crippen LogP contribution in [0.5, 0.6) is 0 Å². The molecule has 104 valence electrons. The molecule has 3 N–H and O–H groups in total. The molecule has 2 amide bonds. The molecule has 0 fully saturated rings. The van der Waals surface area contributed by atoms with Crippen LogP contribution in [0.25, 0.3) is 0 Å². The number of anilines is 1. The number of rotatable bonds is 5. The molecule has 0 saturated heterocycles. The first kappa shape index (κ1) is 14.3. The van der Waals surface area contributed by atoms with E-state index in [1.807, 2.05) is 0 Å². The van der Waals surface area contributed by atoms with Gasteiger partial charge in [-0.1, -0.05) is 15.9 Å². The number of nitrogens with zero attached hydrogens (tertiary/aromatic N) is 2. The van der Waals surface area contributed by atoms with Crippen LogP contribution in [0.4, 0.5) is 5.82 Å². The molecule has 1 aromatic carbocycles. The first-order chi connectivity index (χ1) is 9.54. The largest absolute Gasteiger partial charge is 0.370 e. The molecule has 0 saturated carbocycles. The van der Waals surface area contributed by atoms with Crippen molar-refractivity contribution in [3.8, 4) is 0 Å². The van der Waals surface area contributed by atoms with Gasteiger partial charge in [-0.25, -0.2) is 0 Å². The zero-order valence-electron chi connectivity index (χ0n) is 10.5. The number of aryl methyl sites for hydroxylation is 1. The second kappa shape index (κ2) is 6.33. The highest BCUT2D eigenvalue weighted by molar-refractivity contribution is 9.10. The van der Waals surface area contributed by atoms with E-state index in [0.29, 0.717) is 17.9 Å². The van der Waals surface area contributed by atoms with Gasteiger partial charge in [0.25, 0.3) is 5.91 Å². The lowest BCUT2D eigenvalue weighted by Gasteiger charge is -2.02. The van der Waals surface area contributed by atoms with Crippen LogP contribution >= 0.6 is 15.9 Å². The zero-order valence-corrected chi connectivity index (χ0v) is 12.1. The van der Waals surface area contributed by atoms with E-state index < -0.39 is 0 Å². The van der Waals surface area contributed by atoms with Crippen LogP contribution < -0.4 is 11.1 Å². The number of hydrogen-bond donors (Lipinski definition) is 2. The van der Waals surface area contributed by atoms with Crippen LogP contribution in [0.2, 0.25) is 0 Å². The van der Waals surface area contributed by atoms with Crippen molar-refractivity contribution in [2.45, 2.75) is 13.0 Å². The quantitative estimate of drug-likeness (QED) is 0.871. The highest BCUT2D eigenvalue weighted by atomic mass is 79.9. The van der Waals surface area contributed by atoms with E-state index in [-0.39, 0.29) is 18.2 Å². The first-order valence-corrected chi connectivity index (χ1v) is 6.72. The van der Waals surface area contributed by atoms with E-state index in [4.69, 9.17) is 5.73 Å². The Morgan fingerprint density at radius 3 is 2.60 bits per heavy atom. The Morgan fingerprint density at radius 1 is 1.25 bits per heavy atom. The Balaban J connectivity index is 1.97. The molecule has 2 rings (SSSR count). The number of nitrogens with one attached hydrogen (secondary N) is 1. The van der Waals surface area contributed by atoms with Crippen molar-refractivity contribution in [1.82, 2.24) is 9.78 Å². The molecule has 20 heavy (non-hydrogen) atoms.